The van der Waals surface area contributed by atoms with E-state index >= 15 is 0 Å². The number of guanidine groups is 2. The molecule has 1 amide bonds. The Bertz CT molecular complexity index is 1370. The Labute approximate surface area is 219 Å². The van der Waals surface area contributed by atoms with Gasteiger partial charge in [-0.15, -0.1) is 0 Å². The number of benzene rings is 1. The molecule has 14 nitrogen and oxygen atoms in total. The summed E-state index contributed by atoms with van der Waals surface area (Å²) in [5.41, 5.74) is -3.32. The topological polar surface area (TPSA) is 211 Å². The number of likely N-dealkylation sites (tertiary alicyclic amines) is 1. The largest absolute Gasteiger partial charge is 0.416 e. The number of nitrogens with one attached hydrogen (secondary N) is 6. The first-order valence-electron chi connectivity index (χ1n) is 11.8. The van der Waals surface area contributed by atoms with Gasteiger partial charge in [0.15, 0.2) is 23.4 Å². The number of carbonyl (C=O) groups is 2. The maximum atomic E-state index is 13.2. The van der Waals surface area contributed by atoms with Gasteiger partial charge < -0.3 is 36.0 Å². The molecule has 4 saturated heterocycles. The van der Waals surface area contributed by atoms with E-state index in [9.17, 15) is 41.4 Å². The first kappa shape index (κ1) is 27.1. The average molecular weight is 575 g/mol. The van der Waals surface area contributed by atoms with Crippen LogP contribution in [0.2, 0.25) is 0 Å². The van der Waals surface area contributed by atoms with Crippen LogP contribution in [0.15, 0.2) is 29.2 Å². The minimum atomic E-state index is -4.82. The molecule has 4 aliphatic heterocycles. The molecule has 0 aliphatic carbocycles. The Kier molecular flexibility index (Phi) is 6.09. The first-order chi connectivity index (χ1) is 18.1. The van der Waals surface area contributed by atoms with Crippen LogP contribution in [-0.4, -0.2) is 101 Å². The van der Waals surface area contributed by atoms with Crippen molar-refractivity contribution in [2.45, 2.75) is 53.5 Å². The normalized spacial score (nSPS) is 30.4. The number of piperidine rings is 1. The summed E-state index contributed by atoms with van der Waals surface area (Å²) in [6.45, 7) is -0.851. The first-order valence-corrected chi connectivity index (χ1v) is 13.2. The van der Waals surface area contributed by atoms with Gasteiger partial charge in [-0.05, 0) is 18.2 Å². The van der Waals surface area contributed by atoms with E-state index in [2.05, 4.69) is 16.0 Å². The second-order valence-corrected chi connectivity index (χ2v) is 11.6. The predicted molar refractivity (Wildman–Crippen MR) is 125 cm³/mol. The van der Waals surface area contributed by atoms with Crippen LogP contribution >= 0.6 is 0 Å². The Hall–Kier alpha value is -3.48. The number of Topliss-reactive ketones (excluding diaryl/α,β-unsaturated/α-hetero) is 1. The molecular weight excluding hydrogens is 549 g/mol. The molecule has 4 aliphatic rings. The van der Waals surface area contributed by atoms with E-state index in [4.69, 9.17) is 10.8 Å². The number of ketones is 1. The lowest BCUT2D eigenvalue weighted by Gasteiger charge is -2.52. The van der Waals surface area contributed by atoms with Crippen LogP contribution in [0.25, 0.3) is 0 Å². The number of aliphatic hydroxyl groups is 2. The van der Waals surface area contributed by atoms with Crippen LogP contribution in [0.5, 0.6) is 0 Å². The third-order valence-corrected chi connectivity index (χ3v) is 8.89. The van der Waals surface area contributed by atoms with Crippen molar-refractivity contribution >= 4 is 33.6 Å². The molecule has 0 aromatic heterocycles. The van der Waals surface area contributed by atoms with Gasteiger partial charge in [-0.25, -0.2) is 13.1 Å². The van der Waals surface area contributed by atoms with Crippen molar-refractivity contribution in [3.63, 3.8) is 0 Å². The summed E-state index contributed by atoms with van der Waals surface area (Å²) in [7, 11) is -4.73. The minimum Gasteiger partial charge on any atom is -0.361 e. The van der Waals surface area contributed by atoms with Crippen LogP contribution in [0, 0.1) is 10.8 Å². The number of nitrogens with zero attached hydrogens (tertiary/aromatic N) is 2. The van der Waals surface area contributed by atoms with Crippen molar-refractivity contribution in [3.8, 4) is 0 Å². The second-order valence-electron chi connectivity index (χ2n) is 9.84. The zero-order valence-corrected chi connectivity index (χ0v) is 20.9. The van der Waals surface area contributed by atoms with Gasteiger partial charge in [0, 0.05) is 25.9 Å². The van der Waals surface area contributed by atoms with E-state index < -0.39 is 68.7 Å². The van der Waals surface area contributed by atoms with Gasteiger partial charge in [-0.2, -0.15) is 13.2 Å². The molecule has 212 valence electrons. The number of sulfonamides is 1. The highest BCUT2D eigenvalue weighted by Crippen LogP contribution is 2.43. The van der Waals surface area contributed by atoms with E-state index in [0.717, 1.165) is 17.0 Å². The van der Waals surface area contributed by atoms with E-state index in [0.29, 0.717) is 12.1 Å². The summed E-state index contributed by atoms with van der Waals surface area (Å²) in [6, 6.07) is -0.940. The molecular formula is C21H25F3N8O6S. The van der Waals surface area contributed by atoms with E-state index in [1.807, 2.05) is 4.72 Å². The third-order valence-electron chi connectivity index (χ3n) is 7.42. The average Bonchev–Trinajstić information content (AvgIpc) is 3.31. The molecule has 8 N–H and O–H groups in total. The lowest BCUT2D eigenvalue weighted by atomic mass is 9.84. The fourth-order valence-corrected chi connectivity index (χ4v) is 6.88. The van der Waals surface area contributed by atoms with E-state index in [1.54, 1.807) is 0 Å². The second kappa shape index (κ2) is 8.77. The smallest absolute Gasteiger partial charge is 0.361 e. The molecule has 0 radical (unpaired) electrons. The summed E-state index contributed by atoms with van der Waals surface area (Å²) in [5, 5.41) is 47.6. The van der Waals surface area contributed by atoms with Crippen LogP contribution in [0.4, 0.5) is 13.2 Å². The van der Waals surface area contributed by atoms with Gasteiger partial charge in [-0.1, -0.05) is 6.07 Å². The van der Waals surface area contributed by atoms with Crippen molar-refractivity contribution in [1.29, 1.82) is 10.8 Å². The predicted octanol–water partition coefficient (Wildman–Crippen LogP) is -2.36. The SMILES string of the molecule is N=C1NC2[C@H](CN3CC(=O)CCC3=O)NC(=N)N3C[C@H](NS(=O)(=O)c4cccc(C(F)(F)F)c4)C(O)(O)C23N1. The van der Waals surface area contributed by atoms with Crippen LogP contribution < -0.4 is 20.7 Å². The summed E-state index contributed by atoms with van der Waals surface area (Å²) >= 11 is 0. The Morgan fingerprint density at radius 3 is 2.56 bits per heavy atom. The molecule has 18 heteroatoms. The third kappa shape index (κ3) is 4.26. The number of hydrogen-bond donors (Lipinski definition) is 8. The molecule has 1 aromatic rings. The van der Waals surface area contributed by atoms with Crippen molar-refractivity contribution in [2.24, 2.45) is 0 Å². The molecule has 0 bridgehead atoms. The highest BCUT2D eigenvalue weighted by Gasteiger charge is 2.74. The number of alkyl halides is 3. The fourth-order valence-electron chi connectivity index (χ4n) is 5.59. The zero-order valence-electron chi connectivity index (χ0n) is 20.0. The molecule has 1 aromatic carbocycles. The highest BCUT2D eigenvalue weighted by molar-refractivity contribution is 7.89. The fraction of sp³-hybridized carbons (Fsp3) is 0.524. The zero-order chi connectivity index (χ0) is 28.5. The van der Waals surface area contributed by atoms with Gasteiger partial charge in [-0.3, -0.25) is 20.4 Å². The molecule has 5 rings (SSSR count). The van der Waals surface area contributed by atoms with Gasteiger partial charge in [0.05, 0.1) is 35.1 Å². The molecule has 39 heavy (non-hydrogen) atoms. The summed E-state index contributed by atoms with van der Waals surface area (Å²) in [6.07, 6.45) is -4.73. The molecule has 2 unspecified atom stereocenters. The minimum absolute atomic E-state index is 0.00420. The number of amides is 1. The van der Waals surface area contributed by atoms with Gasteiger partial charge in [0.25, 0.3) is 0 Å². The number of carbonyl (C=O) groups excluding carboxylic acids is 2. The Balaban J connectivity index is 1.46. The summed E-state index contributed by atoms with van der Waals surface area (Å²) in [4.78, 5) is 25.9. The lowest BCUT2D eigenvalue weighted by molar-refractivity contribution is -0.231. The Morgan fingerprint density at radius 1 is 1.15 bits per heavy atom. The molecule has 4 heterocycles. The molecule has 4 fully saturated rings. The standard InChI is InChI=1S/C21H25F3N8O6S/c22-21(23,24)10-2-1-3-12(6-10)39(37,38)30-14-9-32-18(26)27-13(8-31-7-11(33)4-5-15(31)34)16-19(32,20(14,35)36)29-17(25)28-16/h1-3,6,13-14,16,30,35-36H,4-5,7-9H2,(H2,26,27)(H3,25,28,29)/t13-,14-,16?,19?/m0/s1. The van der Waals surface area contributed by atoms with Crippen LogP contribution in [-0.2, 0) is 25.8 Å². The van der Waals surface area contributed by atoms with E-state index in [1.165, 1.54) is 4.90 Å². The van der Waals surface area contributed by atoms with Gasteiger partial charge in [0.1, 0.15) is 0 Å². The van der Waals surface area contributed by atoms with Crippen molar-refractivity contribution < 1.29 is 41.4 Å². The van der Waals surface area contributed by atoms with Crippen molar-refractivity contribution in [2.75, 3.05) is 19.6 Å². The maximum Gasteiger partial charge on any atom is 0.416 e. The van der Waals surface area contributed by atoms with Crippen molar-refractivity contribution in [1.82, 2.24) is 30.5 Å². The maximum absolute atomic E-state index is 13.2. The van der Waals surface area contributed by atoms with Gasteiger partial charge >= 0.3 is 6.18 Å². The molecule has 4 atom stereocenters. The van der Waals surface area contributed by atoms with E-state index in [-0.39, 0.29) is 43.6 Å². The summed E-state index contributed by atoms with van der Waals surface area (Å²) in [5.74, 6) is -4.31. The number of halogens is 3. The van der Waals surface area contributed by atoms with Crippen LogP contribution in [0.1, 0.15) is 18.4 Å². The molecule has 1 spiro atoms. The molecule has 0 saturated carbocycles. The van der Waals surface area contributed by atoms with Gasteiger partial charge in [0.2, 0.25) is 21.7 Å². The monoisotopic (exact) mass is 574 g/mol. The number of hydrogen-bond acceptors (Lipinski definition) is 8. The van der Waals surface area contributed by atoms with Crippen LogP contribution in [0.3, 0.4) is 0 Å². The Morgan fingerprint density at radius 2 is 1.87 bits per heavy atom. The highest BCUT2D eigenvalue weighted by atomic mass is 32.2. The lowest BCUT2D eigenvalue weighted by Crippen LogP contribution is -2.81. The number of rotatable bonds is 5. The summed E-state index contributed by atoms with van der Waals surface area (Å²) < 4.78 is 67.6. The quantitative estimate of drug-likeness (QED) is 0.175. The van der Waals surface area contributed by atoms with Crippen molar-refractivity contribution in [3.05, 3.63) is 29.8 Å².